The van der Waals surface area contributed by atoms with Crippen molar-refractivity contribution in [3.63, 3.8) is 0 Å². The van der Waals surface area contributed by atoms with Crippen molar-refractivity contribution in [2.45, 2.75) is 82.0 Å². The van der Waals surface area contributed by atoms with Crippen LogP contribution in [-0.4, -0.2) is 49.7 Å². The number of alkyl halides is 3. The minimum atomic E-state index is -4.59. The molecule has 3 N–H and O–H groups in total. The Balaban J connectivity index is 1.33. The highest BCUT2D eigenvalue weighted by Crippen LogP contribution is 2.45. The van der Waals surface area contributed by atoms with E-state index in [0.717, 1.165) is 36.1 Å². The molecule has 0 saturated heterocycles. The maximum absolute atomic E-state index is 14.6. The number of ether oxygens (including phenoxy) is 1. The van der Waals surface area contributed by atoms with E-state index in [4.69, 9.17) is 16.3 Å². The largest absolute Gasteiger partial charge is 0.457 e. The van der Waals surface area contributed by atoms with E-state index in [1.165, 1.54) is 17.0 Å². The first-order valence-electron chi connectivity index (χ1n) is 16.9. The summed E-state index contributed by atoms with van der Waals surface area (Å²) < 4.78 is 62.0. The number of nitrogens with one attached hydrogen (secondary N) is 3. The zero-order chi connectivity index (χ0) is 37.6. The summed E-state index contributed by atoms with van der Waals surface area (Å²) in [6, 6.07) is 14.6. The van der Waals surface area contributed by atoms with Crippen LogP contribution in [0.5, 0.6) is 11.5 Å². The lowest BCUT2D eigenvalue weighted by atomic mass is 9.84. The lowest BCUT2D eigenvalue weighted by Crippen LogP contribution is -2.61. The summed E-state index contributed by atoms with van der Waals surface area (Å²) in [6.45, 7) is 9.14. The Morgan fingerprint density at radius 1 is 1.02 bits per heavy atom. The third-order valence-corrected chi connectivity index (χ3v) is 11.3. The molecule has 5 atom stereocenters. The van der Waals surface area contributed by atoms with Crippen LogP contribution in [0.1, 0.15) is 56.7 Å². The topological polar surface area (TPSA) is 117 Å². The molecule has 6 rings (SSSR count). The van der Waals surface area contributed by atoms with Crippen molar-refractivity contribution in [3.8, 4) is 11.5 Å². The summed E-state index contributed by atoms with van der Waals surface area (Å²) in [5, 5.41) is 6.28. The third kappa shape index (κ3) is 8.15. The van der Waals surface area contributed by atoms with Crippen molar-refractivity contribution >= 4 is 46.0 Å². The average Bonchev–Trinajstić information content (AvgIpc) is 4.02. The van der Waals surface area contributed by atoms with Crippen molar-refractivity contribution in [1.82, 2.24) is 14.9 Å². The Bertz CT molecular complexity index is 1930. The molecule has 9 nitrogen and oxygen atoms in total. The highest BCUT2D eigenvalue weighted by molar-refractivity contribution is 7.84. The van der Waals surface area contributed by atoms with Crippen LogP contribution in [0.25, 0.3) is 0 Å². The van der Waals surface area contributed by atoms with Crippen LogP contribution in [0.4, 0.5) is 18.9 Å². The van der Waals surface area contributed by atoms with Gasteiger partial charge in [-0.05, 0) is 84.3 Å². The monoisotopic (exact) mass is 756 g/mol. The van der Waals surface area contributed by atoms with E-state index in [9.17, 15) is 31.8 Å². The molecule has 276 valence electrons. The molecule has 3 aromatic rings. The van der Waals surface area contributed by atoms with Gasteiger partial charge in [-0.15, -0.1) is 6.58 Å². The fourth-order valence-corrected chi connectivity index (χ4v) is 7.68. The van der Waals surface area contributed by atoms with Gasteiger partial charge in [-0.25, -0.2) is 4.21 Å². The summed E-state index contributed by atoms with van der Waals surface area (Å²) in [4.78, 5) is 43.9. The molecule has 3 amide bonds. The van der Waals surface area contributed by atoms with Crippen LogP contribution in [0.15, 0.2) is 79.4 Å². The molecule has 2 saturated carbocycles. The highest BCUT2D eigenvalue weighted by atomic mass is 35.5. The fourth-order valence-electron chi connectivity index (χ4n) is 6.41. The lowest BCUT2D eigenvalue weighted by molar-refractivity contribution is -0.145. The van der Waals surface area contributed by atoms with Crippen molar-refractivity contribution in [2.24, 2.45) is 11.3 Å². The number of carbonyl (C=O) groups is 3. The molecule has 3 aliphatic rings. The van der Waals surface area contributed by atoms with Gasteiger partial charge in [0.25, 0.3) is 5.91 Å². The minimum Gasteiger partial charge on any atom is -0.457 e. The fraction of sp³-hybridized carbons (Fsp3) is 0.395. The first kappa shape index (κ1) is 37.4. The van der Waals surface area contributed by atoms with Crippen molar-refractivity contribution in [2.75, 3.05) is 5.32 Å². The zero-order valence-electron chi connectivity index (χ0n) is 28.9. The number of anilines is 1. The number of carbonyl (C=O) groups excluding carboxylic acids is 3. The van der Waals surface area contributed by atoms with E-state index in [1.54, 1.807) is 69.3 Å². The van der Waals surface area contributed by atoms with Gasteiger partial charge in [0.1, 0.15) is 40.1 Å². The number of halogens is 4. The SMILES string of the molecule is C=C[C@@H]1C[C@]1(NC(=O)[C@H]1Cc2cc(Oc3cccc(Cl)c3)ccc2CN1C(=O)[C@@H](Nc1cccc(C(F)(F)F)c1)C(C)(C)C)C(=O)NS(=O)C1CC1. The number of benzene rings is 3. The molecule has 52 heavy (non-hydrogen) atoms. The normalized spacial score (nSPS) is 22.3. The number of amides is 3. The first-order chi connectivity index (χ1) is 24.5. The van der Waals surface area contributed by atoms with Crippen LogP contribution < -0.4 is 20.1 Å². The van der Waals surface area contributed by atoms with Crippen LogP contribution in [-0.2, 0) is 44.5 Å². The second-order valence-corrected chi connectivity index (χ2v) is 16.5. The van der Waals surface area contributed by atoms with Crippen molar-refractivity contribution in [1.29, 1.82) is 0 Å². The molecule has 0 aromatic heterocycles. The van der Waals surface area contributed by atoms with Gasteiger partial charge < -0.3 is 20.3 Å². The van der Waals surface area contributed by atoms with E-state index >= 15 is 0 Å². The lowest BCUT2D eigenvalue weighted by Gasteiger charge is -2.41. The molecule has 1 unspecified atom stereocenters. The predicted molar refractivity (Wildman–Crippen MR) is 193 cm³/mol. The molecule has 3 aromatic carbocycles. The highest BCUT2D eigenvalue weighted by Gasteiger charge is 2.61. The first-order valence-corrected chi connectivity index (χ1v) is 18.5. The molecule has 2 fully saturated rings. The summed E-state index contributed by atoms with van der Waals surface area (Å²) in [5.41, 5.74) is -1.52. The van der Waals surface area contributed by atoms with E-state index in [2.05, 4.69) is 21.9 Å². The number of nitrogens with zero attached hydrogens (tertiary/aromatic N) is 1. The Hall–Kier alpha value is -4.36. The van der Waals surface area contributed by atoms with E-state index in [1.807, 2.05) is 0 Å². The molecule has 1 aliphatic heterocycles. The van der Waals surface area contributed by atoms with E-state index in [-0.39, 0.29) is 30.3 Å². The Kier molecular flexibility index (Phi) is 10.2. The summed E-state index contributed by atoms with van der Waals surface area (Å²) in [5.74, 6) is -1.14. The molecule has 0 spiro atoms. The van der Waals surface area contributed by atoms with Gasteiger partial charge in [0.2, 0.25) is 11.8 Å². The van der Waals surface area contributed by atoms with Gasteiger partial charge in [0.15, 0.2) is 0 Å². The molecular weight excluding hydrogens is 717 g/mol. The standard InChI is InChI=1S/C38H40ClF3N4O5S/c1-5-24-20-37(24,35(49)45-52(50)30-14-15-30)44-33(47)31-17-23-16-29(51-28-11-7-9-26(39)19-28)13-12-22(23)21-46(31)34(48)32(36(2,3)4)43-27-10-6-8-25(18-27)38(40,41)42/h5-13,16,18-19,24,30-32,43H,1,14-15,17,20-21H2,2-4H3,(H,44,47)(H,45,49)/t24-,31-,32-,37-,52?/m1/s1. The van der Waals surface area contributed by atoms with Crippen LogP contribution in [0, 0.1) is 11.3 Å². The Morgan fingerprint density at radius 3 is 2.37 bits per heavy atom. The molecule has 0 radical (unpaired) electrons. The summed E-state index contributed by atoms with van der Waals surface area (Å²) in [7, 11) is -1.59. The van der Waals surface area contributed by atoms with E-state index in [0.29, 0.717) is 16.5 Å². The number of fused-ring (bicyclic) bond motifs is 1. The zero-order valence-corrected chi connectivity index (χ0v) is 30.5. The number of hydrogen-bond acceptors (Lipinski definition) is 6. The molecule has 14 heteroatoms. The Labute approximate surface area is 307 Å². The summed E-state index contributed by atoms with van der Waals surface area (Å²) in [6.07, 6.45) is -1.26. The molecule has 1 heterocycles. The van der Waals surface area contributed by atoms with Gasteiger partial charge in [-0.1, -0.05) is 56.6 Å². The average molecular weight is 757 g/mol. The molecular formula is C38H40ClF3N4O5S. The van der Waals surface area contributed by atoms with Crippen LogP contribution >= 0.6 is 11.6 Å². The minimum absolute atomic E-state index is 0.00364. The third-order valence-electron chi connectivity index (χ3n) is 9.61. The Morgan fingerprint density at radius 2 is 1.73 bits per heavy atom. The number of hydrogen-bond donors (Lipinski definition) is 3. The maximum atomic E-state index is 14.6. The number of rotatable bonds is 11. The van der Waals surface area contributed by atoms with E-state index < -0.39 is 69.4 Å². The quantitative estimate of drug-likeness (QED) is 0.183. The predicted octanol–water partition coefficient (Wildman–Crippen LogP) is 6.93. The molecule has 2 aliphatic carbocycles. The smallest absolute Gasteiger partial charge is 0.416 e. The second kappa shape index (κ2) is 14.2. The summed E-state index contributed by atoms with van der Waals surface area (Å²) >= 11 is 6.14. The van der Waals surface area contributed by atoms with Gasteiger partial charge in [0.05, 0.1) is 10.8 Å². The van der Waals surface area contributed by atoms with Crippen molar-refractivity contribution < 1.29 is 36.5 Å². The van der Waals surface area contributed by atoms with Gasteiger partial charge >= 0.3 is 6.18 Å². The van der Waals surface area contributed by atoms with Gasteiger partial charge in [-0.2, -0.15) is 13.2 Å². The van der Waals surface area contributed by atoms with Crippen LogP contribution in [0.2, 0.25) is 5.02 Å². The van der Waals surface area contributed by atoms with Crippen LogP contribution in [0.3, 0.4) is 0 Å². The maximum Gasteiger partial charge on any atom is 0.416 e. The molecule has 0 bridgehead atoms. The second-order valence-electron chi connectivity index (χ2n) is 14.6. The van der Waals surface area contributed by atoms with Gasteiger partial charge in [0, 0.05) is 29.6 Å². The van der Waals surface area contributed by atoms with Gasteiger partial charge in [-0.3, -0.25) is 19.1 Å². The van der Waals surface area contributed by atoms with Crippen molar-refractivity contribution in [3.05, 3.63) is 101 Å².